The first-order valence-corrected chi connectivity index (χ1v) is 7.41. The molecule has 0 bridgehead atoms. The number of carbonyl (C=O) groups excluding carboxylic acids is 1. The minimum absolute atomic E-state index is 0.285. The van der Waals surface area contributed by atoms with Gasteiger partial charge >= 0.3 is 11.6 Å². The lowest BCUT2D eigenvalue weighted by atomic mass is 10.1. The Morgan fingerprint density at radius 3 is 2.77 bits per heavy atom. The van der Waals surface area contributed by atoms with Crippen molar-refractivity contribution in [3.63, 3.8) is 0 Å². The van der Waals surface area contributed by atoms with Crippen LogP contribution in [0.3, 0.4) is 0 Å². The molecule has 0 spiro atoms. The van der Waals surface area contributed by atoms with Crippen LogP contribution in [0.1, 0.15) is 24.5 Å². The fourth-order valence-electron chi connectivity index (χ4n) is 2.78. The number of benzene rings is 1. The van der Waals surface area contributed by atoms with Crippen molar-refractivity contribution in [2.45, 2.75) is 32.3 Å². The van der Waals surface area contributed by atoms with Crippen LogP contribution in [0.5, 0.6) is 5.75 Å². The first kappa shape index (κ1) is 14.9. The summed E-state index contributed by atoms with van der Waals surface area (Å²) in [6, 6.07) is 3.28. The average Bonchev–Trinajstić information content (AvgIpc) is 2.98. The van der Waals surface area contributed by atoms with Crippen molar-refractivity contribution in [2.24, 2.45) is 0 Å². The van der Waals surface area contributed by atoms with Gasteiger partial charge < -0.3 is 13.9 Å². The van der Waals surface area contributed by atoms with Crippen LogP contribution in [0.2, 0.25) is 5.02 Å². The van der Waals surface area contributed by atoms with E-state index < -0.39 is 12.1 Å². The zero-order valence-electron chi connectivity index (χ0n) is 12.3. The Kier molecular flexibility index (Phi) is 3.83. The summed E-state index contributed by atoms with van der Waals surface area (Å²) in [5.41, 5.74) is 1.84. The number of aryl methyl sites for hydroxylation is 1. The van der Waals surface area contributed by atoms with Crippen LogP contribution < -0.4 is 10.4 Å². The van der Waals surface area contributed by atoms with E-state index in [1.54, 1.807) is 19.1 Å². The Bertz CT molecular complexity index is 808. The zero-order valence-corrected chi connectivity index (χ0v) is 13.0. The summed E-state index contributed by atoms with van der Waals surface area (Å²) in [7, 11) is 1.28. The van der Waals surface area contributed by atoms with Gasteiger partial charge in [-0.2, -0.15) is 0 Å². The lowest BCUT2D eigenvalue weighted by molar-refractivity contribution is -0.147. The van der Waals surface area contributed by atoms with E-state index in [-0.39, 0.29) is 11.4 Å². The van der Waals surface area contributed by atoms with Crippen molar-refractivity contribution in [2.75, 3.05) is 7.11 Å². The number of carbonyl (C=O) groups is 1. The number of hydrogen-bond donors (Lipinski definition) is 0. The molecule has 1 aliphatic rings. The van der Waals surface area contributed by atoms with Gasteiger partial charge in [-0.25, -0.2) is 9.59 Å². The Balaban J connectivity index is 2.08. The minimum Gasteiger partial charge on any atom is -0.477 e. The van der Waals surface area contributed by atoms with Gasteiger partial charge in [0, 0.05) is 17.0 Å². The normalized spacial score (nSPS) is 14.7. The van der Waals surface area contributed by atoms with Gasteiger partial charge in [0.1, 0.15) is 11.3 Å². The molecule has 0 fully saturated rings. The molecule has 0 amide bonds. The third-order valence-corrected chi connectivity index (χ3v) is 4.16. The van der Waals surface area contributed by atoms with Crippen LogP contribution in [0.25, 0.3) is 11.0 Å². The summed E-state index contributed by atoms with van der Waals surface area (Å²) < 4.78 is 15.5. The number of methoxy groups -OCH3 is 1. The lowest BCUT2D eigenvalue weighted by Crippen LogP contribution is -2.25. The van der Waals surface area contributed by atoms with Gasteiger partial charge in [-0.3, -0.25) is 0 Å². The van der Waals surface area contributed by atoms with Crippen molar-refractivity contribution in [1.82, 2.24) is 0 Å². The Hall–Kier alpha value is -2.01. The Labute approximate surface area is 131 Å². The molecule has 1 aromatic carbocycles. The molecule has 0 saturated heterocycles. The van der Waals surface area contributed by atoms with Crippen molar-refractivity contribution in [3.05, 3.63) is 38.7 Å². The molecule has 0 radical (unpaired) electrons. The highest BCUT2D eigenvalue weighted by molar-refractivity contribution is 6.32. The molecule has 0 N–H and O–H groups in total. The predicted octanol–water partition coefficient (Wildman–Crippen LogP) is 2.88. The molecular formula is C16H15ClO5. The van der Waals surface area contributed by atoms with E-state index in [9.17, 15) is 9.59 Å². The number of hydrogen-bond acceptors (Lipinski definition) is 5. The van der Waals surface area contributed by atoms with E-state index in [2.05, 4.69) is 4.74 Å². The highest BCUT2D eigenvalue weighted by Gasteiger charge is 2.22. The van der Waals surface area contributed by atoms with Crippen LogP contribution >= 0.6 is 11.6 Å². The van der Waals surface area contributed by atoms with Crippen molar-refractivity contribution in [3.8, 4) is 5.75 Å². The maximum atomic E-state index is 12.0. The largest absolute Gasteiger partial charge is 0.477 e. The third kappa shape index (κ3) is 2.46. The molecule has 0 saturated carbocycles. The van der Waals surface area contributed by atoms with E-state index in [1.165, 1.54) is 7.11 Å². The number of rotatable bonds is 3. The number of ether oxygens (including phenoxy) is 2. The van der Waals surface area contributed by atoms with E-state index in [1.807, 2.05) is 0 Å². The van der Waals surface area contributed by atoms with Crippen molar-refractivity contribution < 1.29 is 18.7 Å². The van der Waals surface area contributed by atoms with Gasteiger partial charge in [-0.05, 0) is 37.8 Å². The summed E-state index contributed by atoms with van der Waals surface area (Å²) in [5, 5.41) is 1.20. The SMILES string of the molecule is COC(=O)[C@@H](C)Oc1cc2oc(=O)c3c(c2cc1Cl)CCC3. The summed E-state index contributed by atoms with van der Waals surface area (Å²) in [5.74, 6) is -0.222. The minimum atomic E-state index is -0.805. The van der Waals surface area contributed by atoms with Crippen LogP contribution in [0.4, 0.5) is 0 Å². The van der Waals surface area contributed by atoms with Crippen LogP contribution in [-0.4, -0.2) is 19.2 Å². The number of halogens is 1. The zero-order chi connectivity index (χ0) is 15.9. The summed E-state index contributed by atoms with van der Waals surface area (Å²) in [6.07, 6.45) is 1.71. The molecule has 3 rings (SSSR count). The maximum Gasteiger partial charge on any atom is 0.346 e. The lowest BCUT2D eigenvalue weighted by Gasteiger charge is -2.14. The fraction of sp³-hybridized carbons (Fsp3) is 0.375. The quantitative estimate of drug-likeness (QED) is 0.642. The Morgan fingerprint density at radius 1 is 1.32 bits per heavy atom. The standard InChI is InChI=1S/C16H15ClO5/c1-8(15(18)20-2)21-14-7-13-11(6-12(14)17)9-4-3-5-10(9)16(19)22-13/h6-8H,3-5H2,1-2H3/t8-/m1/s1. The molecule has 1 aromatic heterocycles. The highest BCUT2D eigenvalue weighted by atomic mass is 35.5. The predicted molar refractivity (Wildman–Crippen MR) is 81.6 cm³/mol. The molecule has 0 aliphatic heterocycles. The molecule has 2 aromatic rings. The fourth-order valence-corrected chi connectivity index (χ4v) is 2.99. The summed E-state index contributed by atoms with van der Waals surface area (Å²) in [4.78, 5) is 23.4. The van der Waals surface area contributed by atoms with E-state index in [0.29, 0.717) is 10.6 Å². The number of esters is 1. The van der Waals surface area contributed by atoms with Gasteiger partial charge in [-0.15, -0.1) is 0 Å². The van der Waals surface area contributed by atoms with E-state index in [4.69, 9.17) is 20.8 Å². The van der Waals surface area contributed by atoms with Gasteiger partial charge in [0.25, 0.3) is 0 Å². The van der Waals surface area contributed by atoms with Crippen LogP contribution in [-0.2, 0) is 22.4 Å². The second-order valence-corrected chi connectivity index (χ2v) is 5.67. The monoisotopic (exact) mass is 322 g/mol. The topological polar surface area (TPSA) is 65.7 Å². The summed E-state index contributed by atoms with van der Waals surface area (Å²) in [6.45, 7) is 1.56. The van der Waals surface area contributed by atoms with Crippen LogP contribution in [0.15, 0.2) is 21.3 Å². The first-order valence-electron chi connectivity index (χ1n) is 7.04. The molecule has 5 nitrogen and oxygen atoms in total. The summed E-state index contributed by atoms with van der Waals surface area (Å²) >= 11 is 6.24. The highest BCUT2D eigenvalue weighted by Crippen LogP contribution is 2.35. The molecule has 22 heavy (non-hydrogen) atoms. The molecule has 1 atom stereocenters. The average molecular weight is 323 g/mol. The van der Waals surface area contributed by atoms with Crippen LogP contribution in [0, 0.1) is 0 Å². The molecule has 0 unspecified atom stereocenters. The molecule has 116 valence electrons. The van der Waals surface area contributed by atoms with E-state index >= 15 is 0 Å². The number of fused-ring (bicyclic) bond motifs is 3. The van der Waals surface area contributed by atoms with E-state index in [0.717, 1.165) is 35.8 Å². The maximum absolute atomic E-state index is 12.0. The van der Waals surface area contributed by atoms with Crippen molar-refractivity contribution >= 4 is 28.5 Å². The van der Waals surface area contributed by atoms with Crippen molar-refractivity contribution in [1.29, 1.82) is 0 Å². The second kappa shape index (κ2) is 5.65. The molecule has 1 aliphatic carbocycles. The molecular weight excluding hydrogens is 308 g/mol. The molecule has 6 heteroatoms. The second-order valence-electron chi connectivity index (χ2n) is 5.26. The smallest absolute Gasteiger partial charge is 0.346 e. The Morgan fingerprint density at radius 2 is 2.05 bits per heavy atom. The first-order chi connectivity index (χ1) is 10.5. The van der Waals surface area contributed by atoms with Gasteiger partial charge in [0.15, 0.2) is 6.10 Å². The van der Waals surface area contributed by atoms with Gasteiger partial charge in [0.05, 0.1) is 12.1 Å². The van der Waals surface area contributed by atoms with Gasteiger partial charge in [0.2, 0.25) is 0 Å². The van der Waals surface area contributed by atoms with Gasteiger partial charge in [-0.1, -0.05) is 11.6 Å². The third-order valence-electron chi connectivity index (χ3n) is 3.86. The molecule has 1 heterocycles.